The number of fused-ring (bicyclic) bond motifs is 2. The van der Waals surface area contributed by atoms with Gasteiger partial charge >= 0.3 is 0 Å². The van der Waals surface area contributed by atoms with Gasteiger partial charge in [0.1, 0.15) is 4.99 Å². The zero-order valence-electron chi connectivity index (χ0n) is 40.9. The van der Waals surface area contributed by atoms with Gasteiger partial charge in [0, 0.05) is 61.5 Å². The van der Waals surface area contributed by atoms with Gasteiger partial charge in [-0.05, 0) is 101 Å². The van der Waals surface area contributed by atoms with Gasteiger partial charge in [-0.1, -0.05) is 130 Å². The molecular formula is C50H80I2N6OS. The van der Waals surface area contributed by atoms with Crippen LogP contribution in [0.15, 0.2) is 48.5 Å². The molecule has 0 saturated carbocycles. The van der Waals surface area contributed by atoms with Gasteiger partial charge in [-0.3, -0.25) is 14.2 Å². The number of hydrogen-bond donors (Lipinski definition) is 0. The first-order valence-corrected chi connectivity index (χ1v) is 22.2. The van der Waals surface area contributed by atoms with Gasteiger partial charge in [-0.15, -0.1) is 48.0 Å². The number of hydrogen-bond acceptors (Lipinski definition) is 4. The standard InChI is InChI=1S/C23H33N3O.C23H33N3S.2C2H6.2HI/c2*1-15(2)20-19(16(3)26(8)24-20)21(27)25(7)22(4,5)23(6)14-13-17-11-9-10-12-18(17)23;2*1-2;;/h2*9-12,15H,13-14H2,1-8H3;2*1-2H3;2*1H. The van der Waals surface area contributed by atoms with Gasteiger partial charge in [0.15, 0.2) is 0 Å². The van der Waals surface area contributed by atoms with Crippen molar-refractivity contribution in [2.75, 3.05) is 14.1 Å². The molecule has 0 N–H and O–H groups in total. The summed E-state index contributed by atoms with van der Waals surface area (Å²) in [6, 6.07) is 17.6. The fourth-order valence-electron chi connectivity index (χ4n) is 9.05. The molecular weight excluding hydrogens is 986 g/mol. The van der Waals surface area contributed by atoms with E-state index >= 15 is 0 Å². The molecule has 10 heteroatoms. The normalized spacial score (nSPS) is 17.7. The highest BCUT2D eigenvalue weighted by Gasteiger charge is 2.51. The SMILES string of the molecule is CC.CC.Cc1c(C(=O)N(C)C(C)(C)C2(C)CCc3ccccc32)c(C(C)C)nn1C.Cc1c(C(=S)N(C)C(C)(C)C2(C)CCc3ccccc32)c(C(C)C)nn1C.I.I. The maximum atomic E-state index is 13.6. The first-order chi connectivity index (χ1) is 27.0. The summed E-state index contributed by atoms with van der Waals surface area (Å²) in [5.74, 6) is 0.625. The van der Waals surface area contributed by atoms with E-state index in [0.717, 1.165) is 64.6 Å². The van der Waals surface area contributed by atoms with Gasteiger partial charge < -0.3 is 9.80 Å². The first kappa shape index (κ1) is 55.7. The Labute approximate surface area is 405 Å². The van der Waals surface area contributed by atoms with Crippen molar-refractivity contribution in [3.63, 3.8) is 0 Å². The number of rotatable bonds is 8. The number of nitrogens with zero attached hydrogens (tertiary/aromatic N) is 6. The number of carbonyl (C=O) groups is 1. The van der Waals surface area contributed by atoms with E-state index in [-0.39, 0.29) is 81.7 Å². The number of halogens is 2. The minimum atomic E-state index is -0.326. The third kappa shape index (κ3) is 9.90. The van der Waals surface area contributed by atoms with Gasteiger partial charge in [0.2, 0.25) is 0 Å². The fraction of sp³-hybridized carbons (Fsp3) is 0.600. The number of carbonyl (C=O) groups excluding carboxylic acids is 1. The van der Waals surface area contributed by atoms with E-state index < -0.39 is 0 Å². The maximum Gasteiger partial charge on any atom is 0.257 e. The molecule has 2 atom stereocenters. The Morgan fingerprint density at radius 1 is 0.667 bits per heavy atom. The highest BCUT2D eigenvalue weighted by atomic mass is 127. The highest BCUT2D eigenvalue weighted by Crippen LogP contribution is 2.50. The second-order valence-electron chi connectivity index (χ2n) is 18.1. The van der Waals surface area contributed by atoms with Crippen molar-refractivity contribution < 1.29 is 4.79 Å². The van der Waals surface area contributed by atoms with Crippen LogP contribution in [0.5, 0.6) is 0 Å². The van der Waals surface area contributed by atoms with E-state index in [1.807, 2.05) is 70.0 Å². The van der Waals surface area contributed by atoms with Crippen LogP contribution in [0.3, 0.4) is 0 Å². The summed E-state index contributed by atoms with van der Waals surface area (Å²) in [6.07, 6.45) is 4.41. The van der Waals surface area contributed by atoms with Crippen LogP contribution in [0.2, 0.25) is 0 Å². The number of aromatic nitrogens is 4. The zero-order chi connectivity index (χ0) is 44.3. The second kappa shape index (κ2) is 21.8. The van der Waals surface area contributed by atoms with Gasteiger partial charge in [0.05, 0.1) is 22.5 Å². The van der Waals surface area contributed by atoms with Crippen LogP contribution in [0.1, 0.15) is 183 Å². The third-order valence-electron chi connectivity index (χ3n) is 14.2. The van der Waals surface area contributed by atoms with Crippen molar-refractivity contribution in [2.24, 2.45) is 14.1 Å². The topological polar surface area (TPSA) is 59.2 Å². The predicted octanol–water partition coefficient (Wildman–Crippen LogP) is 13.0. The van der Waals surface area contributed by atoms with Crippen LogP contribution in [0.4, 0.5) is 0 Å². The summed E-state index contributed by atoms with van der Waals surface area (Å²) in [5.41, 5.74) is 11.2. The molecule has 0 bridgehead atoms. The summed E-state index contributed by atoms with van der Waals surface area (Å²) in [6.45, 7) is 34.5. The Balaban J connectivity index is 0.000000538. The highest BCUT2D eigenvalue weighted by molar-refractivity contribution is 14.0. The van der Waals surface area contributed by atoms with Crippen LogP contribution in [0.25, 0.3) is 0 Å². The van der Waals surface area contributed by atoms with Crippen molar-refractivity contribution in [3.8, 4) is 0 Å². The summed E-state index contributed by atoms with van der Waals surface area (Å²) >= 11 is 6.06. The largest absolute Gasteiger partial charge is 0.359 e. The minimum absolute atomic E-state index is 0. The third-order valence-corrected chi connectivity index (χ3v) is 14.7. The molecule has 1 amide bonds. The lowest BCUT2D eigenvalue weighted by Crippen LogP contribution is -2.57. The Kier molecular flexibility index (Phi) is 20.3. The van der Waals surface area contributed by atoms with Crippen LogP contribution in [-0.4, -0.2) is 65.4 Å². The molecule has 336 valence electrons. The Morgan fingerprint density at radius 2 is 1.00 bits per heavy atom. The van der Waals surface area contributed by atoms with E-state index in [1.165, 1.54) is 22.3 Å². The first-order valence-electron chi connectivity index (χ1n) is 21.8. The van der Waals surface area contributed by atoms with E-state index in [2.05, 4.69) is 142 Å². The smallest absolute Gasteiger partial charge is 0.257 e. The van der Waals surface area contributed by atoms with Gasteiger partial charge in [0.25, 0.3) is 5.91 Å². The second-order valence-corrected chi connectivity index (χ2v) is 18.5. The molecule has 60 heavy (non-hydrogen) atoms. The van der Waals surface area contributed by atoms with E-state index in [1.54, 1.807) is 0 Å². The Bertz CT molecular complexity index is 1920. The molecule has 2 heterocycles. The number of thiocarbonyl (C=S) groups is 1. The summed E-state index contributed by atoms with van der Waals surface area (Å²) < 4.78 is 3.79. The number of amides is 1. The lowest BCUT2D eigenvalue weighted by molar-refractivity contribution is 0.0425. The minimum Gasteiger partial charge on any atom is -0.359 e. The molecule has 0 saturated heterocycles. The quantitative estimate of drug-likeness (QED) is 0.130. The molecule has 0 radical (unpaired) electrons. The molecule has 7 nitrogen and oxygen atoms in total. The summed E-state index contributed by atoms with van der Waals surface area (Å²) in [7, 11) is 8.03. The Hall–Kier alpha value is -2.32. The molecule has 2 aromatic carbocycles. The van der Waals surface area contributed by atoms with E-state index in [4.69, 9.17) is 17.3 Å². The number of likely N-dealkylation sites (N-methyl/N-ethyl adjacent to an activating group) is 2. The molecule has 2 aliphatic rings. The van der Waals surface area contributed by atoms with Crippen molar-refractivity contribution in [3.05, 3.63) is 105 Å². The van der Waals surface area contributed by atoms with Crippen LogP contribution in [0, 0.1) is 13.8 Å². The van der Waals surface area contributed by atoms with Crippen LogP contribution >= 0.6 is 60.2 Å². The Morgan fingerprint density at radius 3 is 1.38 bits per heavy atom. The maximum absolute atomic E-state index is 13.6. The molecule has 2 aromatic heterocycles. The van der Waals surface area contributed by atoms with Crippen molar-refractivity contribution in [1.82, 2.24) is 29.4 Å². The molecule has 0 spiro atoms. The van der Waals surface area contributed by atoms with Gasteiger partial charge in [-0.2, -0.15) is 10.2 Å². The average molecular weight is 1070 g/mol. The predicted molar refractivity (Wildman–Crippen MR) is 282 cm³/mol. The fourth-order valence-corrected chi connectivity index (χ4v) is 9.53. The molecule has 6 rings (SSSR count). The molecule has 0 aliphatic heterocycles. The van der Waals surface area contributed by atoms with Gasteiger partial charge in [-0.25, -0.2) is 0 Å². The van der Waals surface area contributed by atoms with E-state index in [9.17, 15) is 4.79 Å². The number of aryl methyl sites for hydroxylation is 4. The molecule has 2 aliphatic carbocycles. The monoisotopic (exact) mass is 1070 g/mol. The summed E-state index contributed by atoms with van der Waals surface area (Å²) in [4.78, 5) is 18.8. The average Bonchev–Trinajstić information content (AvgIpc) is 3.93. The van der Waals surface area contributed by atoms with Crippen LogP contribution < -0.4 is 0 Å². The van der Waals surface area contributed by atoms with E-state index in [0.29, 0.717) is 5.92 Å². The molecule has 2 unspecified atom stereocenters. The number of benzene rings is 2. The van der Waals surface area contributed by atoms with Crippen molar-refractivity contribution >= 4 is 71.1 Å². The zero-order valence-corrected chi connectivity index (χ0v) is 46.4. The van der Waals surface area contributed by atoms with Crippen molar-refractivity contribution in [1.29, 1.82) is 0 Å². The lowest BCUT2D eigenvalue weighted by atomic mass is 9.68. The van der Waals surface area contributed by atoms with Crippen molar-refractivity contribution in [2.45, 2.75) is 170 Å². The lowest BCUT2D eigenvalue weighted by Gasteiger charge is -2.49. The summed E-state index contributed by atoms with van der Waals surface area (Å²) in [5, 5.41) is 9.36. The molecule has 4 aromatic rings. The van der Waals surface area contributed by atoms with Crippen LogP contribution in [-0.2, 0) is 37.8 Å². The molecule has 0 fully saturated rings.